The van der Waals surface area contributed by atoms with E-state index < -0.39 is 9.84 Å². The molecule has 0 spiro atoms. The molecule has 94 valence electrons. The first kappa shape index (κ1) is 13.7. The Morgan fingerprint density at radius 2 is 2.12 bits per heavy atom. The Morgan fingerprint density at radius 1 is 1.44 bits per heavy atom. The minimum absolute atomic E-state index is 0.000278. The second-order valence-electron chi connectivity index (χ2n) is 4.59. The van der Waals surface area contributed by atoms with E-state index >= 15 is 0 Å². The molecule has 0 heterocycles. The zero-order chi connectivity index (χ0) is 12.2. The first-order valence-corrected chi connectivity index (χ1v) is 8.03. The van der Waals surface area contributed by atoms with Crippen molar-refractivity contribution >= 4 is 9.84 Å². The summed E-state index contributed by atoms with van der Waals surface area (Å²) >= 11 is 0. The van der Waals surface area contributed by atoms with Crippen LogP contribution in [0.4, 0.5) is 0 Å². The van der Waals surface area contributed by atoms with Crippen molar-refractivity contribution in [3.63, 3.8) is 0 Å². The Hall–Kier alpha value is -0.350. The van der Waals surface area contributed by atoms with E-state index in [1.54, 1.807) is 6.92 Å². The van der Waals surface area contributed by atoms with Crippen molar-refractivity contribution in [2.75, 3.05) is 12.8 Å². The topological polar surface area (TPSA) is 46.2 Å². The number of sulfone groups is 1. The number of nitrogens with one attached hydrogen (secondary N) is 1. The number of rotatable bonds is 5. The first-order chi connectivity index (χ1) is 7.46. The summed E-state index contributed by atoms with van der Waals surface area (Å²) in [5, 5.41) is 2.97. The number of hydrogen-bond donors (Lipinski definition) is 1. The van der Waals surface area contributed by atoms with Gasteiger partial charge in [-0.1, -0.05) is 18.6 Å². The quantitative estimate of drug-likeness (QED) is 0.753. The summed E-state index contributed by atoms with van der Waals surface area (Å²) in [6.07, 6.45) is 8.09. The van der Waals surface area contributed by atoms with Crippen LogP contribution in [-0.4, -0.2) is 32.5 Å². The van der Waals surface area contributed by atoms with Crippen molar-refractivity contribution in [1.82, 2.24) is 5.32 Å². The fraction of sp³-hybridized carbons (Fsp3) is 0.833. The van der Waals surface area contributed by atoms with Gasteiger partial charge >= 0.3 is 0 Å². The lowest BCUT2D eigenvalue weighted by molar-refractivity contribution is 0.513. The van der Waals surface area contributed by atoms with E-state index in [4.69, 9.17) is 0 Å². The highest BCUT2D eigenvalue weighted by Crippen LogP contribution is 2.24. The van der Waals surface area contributed by atoms with Gasteiger partial charge in [-0.25, -0.2) is 8.42 Å². The van der Waals surface area contributed by atoms with E-state index in [2.05, 4.69) is 11.4 Å². The van der Waals surface area contributed by atoms with Crippen molar-refractivity contribution in [1.29, 1.82) is 0 Å². The molecule has 0 fully saturated rings. The Morgan fingerprint density at radius 3 is 2.56 bits per heavy atom. The molecule has 0 radical (unpaired) electrons. The molecule has 3 nitrogen and oxygen atoms in total. The van der Waals surface area contributed by atoms with Crippen molar-refractivity contribution in [2.45, 2.75) is 50.8 Å². The molecule has 0 bridgehead atoms. The Labute approximate surface area is 99.2 Å². The van der Waals surface area contributed by atoms with Crippen LogP contribution in [0.1, 0.15) is 39.5 Å². The summed E-state index contributed by atoms with van der Waals surface area (Å²) < 4.78 is 23.2. The van der Waals surface area contributed by atoms with Gasteiger partial charge in [-0.2, -0.15) is 0 Å². The van der Waals surface area contributed by atoms with E-state index in [-0.39, 0.29) is 11.3 Å². The lowest BCUT2D eigenvalue weighted by Crippen LogP contribution is -2.43. The highest BCUT2D eigenvalue weighted by molar-refractivity contribution is 7.91. The molecule has 0 amide bonds. The third kappa shape index (κ3) is 3.59. The van der Waals surface area contributed by atoms with Crippen LogP contribution in [0.25, 0.3) is 0 Å². The van der Waals surface area contributed by atoms with Crippen LogP contribution in [0.15, 0.2) is 11.6 Å². The third-order valence-corrected chi connectivity index (χ3v) is 4.92. The minimum Gasteiger partial charge on any atom is -0.309 e. The van der Waals surface area contributed by atoms with E-state index in [0.717, 1.165) is 19.4 Å². The lowest BCUT2D eigenvalue weighted by Gasteiger charge is -2.28. The highest BCUT2D eigenvalue weighted by atomic mass is 32.2. The Bertz CT molecular complexity index is 346. The zero-order valence-electron chi connectivity index (χ0n) is 10.5. The van der Waals surface area contributed by atoms with E-state index in [9.17, 15) is 8.42 Å². The van der Waals surface area contributed by atoms with Crippen LogP contribution in [0, 0.1) is 0 Å². The fourth-order valence-corrected chi connectivity index (χ4v) is 2.98. The maximum absolute atomic E-state index is 11.6. The molecule has 2 atom stereocenters. The normalized spacial score (nSPS) is 21.3. The number of hydrogen-bond acceptors (Lipinski definition) is 3. The SMILES string of the molecule is CCNC(C1=CCCCC1)C(C)S(C)(=O)=O. The zero-order valence-corrected chi connectivity index (χ0v) is 11.3. The molecule has 0 aliphatic heterocycles. The molecule has 16 heavy (non-hydrogen) atoms. The predicted octanol–water partition coefficient (Wildman–Crippen LogP) is 1.90. The maximum Gasteiger partial charge on any atom is 0.151 e. The van der Waals surface area contributed by atoms with Crippen LogP contribution >= 0.6 is 0 Å². The molecular weight excluding hydrogens is 222 g/mol. The highest BCUT2D eigenvalue weighted by Gasteiger charge is 2.28. The third-order valence-electron chi connectivity index (χ3n) is 3.29. The summed E-state index contributed by atoms with van der Waals surface area (Å²) in [5.41, 5.74) is 1.28. The summed E-state index contributed by atoms with van der Waals surface area (Å²) in [7, 11) is -2.98. The average Bonchev–Trinajstić information content (AvgIpc) is 2.25. The molecule has 0 aromatic heterocycles. The number of likely N-dealkylation sites (N-methyl/N-ethyl adjacent to an activating group) is 1. The molecule has 0 aromatic carbocycles. The van der Waals surface area contributed by atoms with Crippen LogP contribution in [-0.2, 0) is 9.84 Å². The predicted molar refractivity (Wildman–Crippen MR) is 68.3 cm³/mol. The summed E-state index contributed by atoms with van der Waals surface area (Å²) in [5.74, 6) is 0. The molecule has 1 rings (SSSR count). The number of allylic oxidation sites excluding steroid dienone is 1. The Kier molecular flexibility index (Phi) is 4.99. The van der Waals surface area contributed by atoms with E-state index in [1.807, 2.05) is 6.92 Å². The van der Waals surface area contributed by atoms with Gasteiger partial charge in [0.15, 0.2) is 9.84 Å². The van der Waals surface area contributed by atoms with Gasteiger partial charge in [0.25, 0.3) is 0 Å². The molecule has 1 aliphatic carbocycles. The van der Waals surface area contributed by atoms with Crippen molar-refractivity contribution in [2.24, 2.45) is 0 Å². The molecule has 2 unspecified atom stereocenters. The monoisotopic (exact) mass is 245 g/mol. The van der Waals surface area contributed by atoms with Crippen LogP contribution in [0.2, 0.25) is 0 Å². The van der Waals surface area contributed by atoms with Gasteiger partial charge in [-0.05, 0) is 39.2 Å². The minimum atomic E-state index is -2.98. The second-order valence-corrected chi connectivity index (χ2v) is 7.00. The van der Waals surface area contributed by atoms with Gasteiger partial charge in [0.1, 0.15) is 0 Å². The van der Waals surface area contributed by atoms with Gasteiger partial charge in [0, 0.05) is 12.3 Å². The molecule has 0 saturated heterocycles. The lowest BCUT2D eigenvalue weighted by atomic mass is 9.92. The molecule has 4 heteroatoms. The van der Waals surface area contributed by atoms with Crippen LogP contribution in [0.5, 0.6) is 0 Å². The standard InChI is InChI=1S/C12H23NO2S/c1-4-13-12(10(2)16(3,14)15)11-8-6-5-7-9-11/h8,10,12-13H,4-7,9H2,1-3H3. The van der Waals surface area contributed by atoms with Crippen molar-refractivity contribution in [3.05, 3.63) is 11.6 Å². The summed E-state index contributed by atoms with van der Waals surface area (Å²) in [4.78, 5) is 0. The second kappa shape index (κ2) is 5.82. The summed E-state index contributed by atoms with van der Waals surface area (Å²) in [6, 6.07) is 0.000278. The first-order valence-electron chi connectivity index (χ1n) is 6.08. The van der Waals surface area contributed by atoms with Gasteiger partial charge in [0.2, 0.25) is 0 Å². The fourth-order valence-electron chi connectivity index (χ4n) is 2.21. The molecular formula is C12H23NO2S. The smallest absolute Gasteiger partial charge is 0.151 e. The average molecular weight is 245 g/mol. The Balaban J connectivity index is 2.85. The van der Waals surface area contributed by atoms with Crippen molar-refractivity contribution < 1.29 is 8.42 Å². The van der Waals surface area contributed by atoms with Gasteiger partial charge in [-0.3, -0.25) is 0 Å². The van der Waals surface area contributed by atoms with Crippen molar-refractivity contribution in [3.8, 4) is 0 Å². The van der Waals surface area contributed by atoms with Crippen LogP contribution in [0.3, 0.4) is 0 Å². The van der Waals surface area contributed by atoms with E-state index in [0.29, 0.717) is 0 Å². The van der Waals surface area contributed by atoms with Gasteiger partial charge < -0.3 is 5.32 Å². The van der Waals surface area contributed by atoms with Gasteiger partial charge in [-0.15, -0.1) is 0 Å². The van der Waals surface area contributed by atoms with Crippen LogP contribution < -0.4 is 5.32 Å². The maximum atomic E-state index is 11.6. The molecule has 1 N–H and O–H groups in total. The molecule has 0 aromatic rings. The van der Waals surface area contributed by atoms with E-state index in [1.165, 1.54) is 24.7 Å². The molecule has 0 saturated carbocycles. The van der Waals surface area contributed by atoms with Gasteiger partial charge in [0.05, 0.1) is 5.25 Å². The largest absolute Gasteiger partial charge is 0.309 e. The molecule has 1 aliphatic rings. The summed E-state index contributed by atoms with van der Waals surface area (Å²) in [6.45, 7) is 4.63.